The quantitative estimate of drug-likeness (QED) is 0.316. The van der Waals surface area contributed by atoms with Crippen molar-refractivity contribution >= 4 is 39.7 Å². The van der Waals surface area contributed by atoms with E-state index in [0.29, 0.717) is 12.4 Å². The van der Waals surface area contributed by atoms with Crippen LogP contribution in [0.4, 0.5) is 0 Å². The second-order valence-electron chi connectivity index (χ2n) is 7.67. The van der Waals surface area contributed by atoms with Gasteiger partial charge in [-0.1, -0.05) is 11.6 Å². The maximum Gasteiger partial charge on any atom is 0.261 e. The van der Waals surface area contributed by atoms with Crippen LogP contribution in [-0.2, 0) is 17.9 Å². The average Bonchev–Trinajstić information content (AvgIpc) is 3.02. The van der Waals surface area contributed by atoms with Crippen molar-refractivity contribution in [3.05, 3.63) is 73.5 Å². The highest BCUT2D eigenvalue weighted by Crippen LogP contribution is 2.27. The highest BCUT2D eigenvalue weighted by atomic mass is 79.9. The van der Waals surface area contributed by atoms with Crippen LogP contribution in [0.25, 0.3) is 0 Å². The van der Waals surface area contributed by atoms with Gasteiger partial charge in [0.25, 0.3) is 5.91 Å². The van der Waals surface area contributed by atoms with E-state index >= 15 is 0 Å². The van der Waals surface area contributed by atoms with Gasteiger partial charge in [-0.3, -0.25) is 9.48 Å². The Labute approximate surface area is 206 Å². The Balaban J connectivity index is 1.65. The number of carbonyl (C=O) groups excluding carboxylic acids is 1. The topological polar surface area (TPSA) is 77.7 Å². The number of hydrazone groups is 1. The molecule has 0 radical (unpaired) electrons. The summed E-state index contributed by atoms with van der Waals surface area (Å²) in [5.74, 6) is 1.17. The lowest BCUT2D eigenvalue weighted by molar-refractivity contribution is -0.121. The van der Waals surface area contributed by atoms with Gasteiger partial charge in [-0.15, -0.1) is 0 Å². The van der Waals surface area contributed by atoms with Crippen LogP contribution in [0.2, 0.25) is 5.02 Å². The fraction of sp³-hybridized carbons (Fsp3) is 0.292. The lowest BCUT2D eigenvalue weighted by atomic mass is 10.1. The van der Waals surface area contributed by atoms with E-state index in [9.17, 15) is 4.79 Å². The molecule has 0 aliphatic heterocycles. The fourth-order valence-electron chi connectivity index (χ4n) is 3.32. The second-order valence-corrected chi connectivity index (χ2v) is 8.84. The number of amides is 1. The zero-order chi connectivity index (χ0) is 24.1. The van der Waals surface area contributed by atoms with Gasteiger partial charge < -0.3 is 9.47 Å². The molecule has 0 bridgehead atoms. The lowest BCUT2D eigenvalue weighted by Crippen LogP contribution is -2.24. The number of aryl methyl sites for hydroxylation is 3. The summed E-state index contributed by atoms with van der Waals surface area (Å²) < 4.78 is 14.0. The number of rotatable bonds is 8. The first-order valence-corrected chi connectivity index (χ1v) is 11.4. The summed E-state index contributed by atoms with van der Waals surface area (Å²) >= 11 is 9.70. The van der Waals surface area contributed by atoms with Gasteiger partial charge in [0.2, 0.25) is 0 Å². The first kappa shape index (κ1) is 24.8. The van der Waals surface area contributed by atoms with Gasteiger partial charge in [0.1, 0.15) is 24.7 Å². The Morgan fingerprint density at radius 3 is 2.52 bits per heavy atom. The van der Waals surface area contributed by atoms with E-state index < -0.39 is 0 Å². The molecule has 0 aliphatic rings. The maximum atomic E-state index is 12.2. The van der Waals surface area contributed by atoms with Crippen LogP contribution < -0.4 is 14.9 Å². The third-order valence-corrected chi connectivity index (χ3v) is 6.84. The molecule has 1 amide bonds. The summed E-state index contributed by atoms with van der Waals surface area (Å²) in [7, 11) is 1.61. The predicted octanol–water partition coefficient (Wildman–Crippen LogP) is 5.27. The highest BCUT2D eigenvalue weighted by Gasteiger charge is 2.12. The molecular weight excluding hydrogens is 508 g/mol. The first-order chi connectivity index (χ1) is 15.7. The minimum absolute atomic E-state index is 0.0806. The van der Waals surface area contributed by atoms with Gasteiger partial charge in [0, 0.05) is 10.6 Å². The summed E-state index contributed by atoms with van der Waals surface area (Å²) in [6.07, 6.45) is 1.58. The Morgan fingerprint density at radius 1 is 1.21 bits per heavy atom. The zero-order valence-corrected chi connectivity index (χ0v) is 21.5. The van der Waals surface area contributed by atoms with E-state index in [1.54, 1.807) is 18.0 Å². The molecule has 2 aromatic carbocycles. The molecule has 0 unspecified atom stereocenters. The monoisotopic (exact) mass is 532 g/mol. The van der Waals surface area contributed by atoms with Crippen LogP contribution in [0.5, 0.6) is 11.5 Å². The number of aromatic nitrogens is 2. The van der Waals surface area contributed by atoms with E-state index in [2.05, 4.69) is 31.6 Å². The van der Waals surface area contributed by atoms with Gasteiger partial charge in [0.15, 0.2) is 0 Å². The fourth-order valence-corrected chi connectivity index (χ4v) is 3.71. The number of hydrogen-bond acceptors (Lipinski definition) is 5. The largest absolute Gasteiger partial charge is 0.496 e. The number of hydrogen-bond donors (Lipinski definition) is 1. The number of methoxy groups -OCH3 is 1. The van der Waals surface area contributed by atoms with Crippen molar-refractivity contribution in [2.24, 2.45) is 5.10 Å². The average molecular weight is 534 g/mol. The van der Waals surface area contributed by atoms with Crippen molar-refractivity contribution in [2.45, 2.75) is 40.8 Å². The number of nitrogens with one attached hydrogen (secondary N) is 1. The molecule has 0 saturated heterocycles. The molecular formula is C24H26BrClN4O3. The van der Waals surface area contributed by atoms with Gasteiger partial charge >= 0.3 is 0 Å². The van der Waals surface area contributed by atoms with Gasteiger partial charge in [-0.05, 0) is 90.6 Å². The molecule has 33 heavy (non-hydrogen) atoms. The third kappa shape index (κ3) is 6.15. The van der Waals surface area contributed by atoms with Crippen LogP contribution in [0.15, 0.2) is 39.9 Å². The van der Waals surface area contributed by atoms with Crippen molar-refractivity contribution in [3.63, 3.8) is 0 Å². The second kappa shape index (κ2) is 10.9. The molecule has 0 saturated carbocycles. The SMILES string of the molecule is COc1ccc(/C=N/NC(=O)Cn2nc(C)c(Br)c2C)cc1COc1cc(C)c(Cl)c(C)c1. The molecule has 1 heterocycles. The Hall–Kier alpha value is -2.84. The van der Waals surface area contributed by atoms with Crippen LogP contribution in [0.1, 0.15) is 33.6 Å². The minimum Gasteiger partial charge on any atom is -0.496 e. The number of halogens is 2. The number of ether oxygens (including phenoxy) is 2. The predicted molar refractivity (Wildman–Crippen MR) is 133 cm³/mol. The van der Waals surface area contributed by atoms with E-state index in [0.717, 1.165) is 48.9 Å². The van der Waals surface area contributed by atoms with Crippen LogP contribution in [0.3, 0.4) is 0 Å². The molecule has 174 valence electrons. The number of nitrogens with zero attached hydrogens (tertiary/aromatic N) is 3. The van der Waals surface area contributed by atoms with Crippen LogP contribution >= 0.6 is 27.5 Å². The van der Waals surface area contributed by atoms with Crippen molar-refractivity contribution in [2.75, 3.05) is 7.11 Å². The molecule has 9 heteroatoms. The summed E-state index contributed by atoms with van der Waals surface area (Å²) in [5, 5.41) is 9.14. The molecule has 7 nitrogen and oxygen atoms in total. The smallest absolute Gasteiger partial charge is 0.261 e. The zero-order valence-electron chi connectivity index (χ0n) is 19.2. The molecule has 1 N–H and O–H groups in total. The van der Waals surface area contributed by atoms with E-state index in [1.807, 2.05) is 58.0 Å². The van der Waals surface area contributed by atoms with Crippen molar-refractivity contribution < 1.29 is 14.3 Å². The molecule has 0 aliphatic carbocycles. The normalized spacial score (nSPS) is 11.1. The lowest BCUT2D eigenvalue weighted by Gasteiger charge is -2.13. The molecule has 3 rings (SSSR count). The summed E-state index contributed by atoms with van der Waals surface area (Å²) in [4.78, 5) is 12.2. The van der Waals surface area contributed by atoms with Crippen molar-refractivity contribution in [1.29, 1.82) is 0 Å². The standard InChI is InChI=1S/C24H26BrClN4O3/c1-14-8-20(9-15(2)24(14)26)33-13-19-10-18(6-7-21(19)32-5)11-27-28-22(31)12-30-17(4)23(25)16(3)29-30/h6-11H,12-13H2,1-5H3,(H,28,31)/b27-11+. The van der Waals surface area contributed by atoms with E-state index in [1.165, 1.54) is 0 Å². The molecule has 0 fully saturated rings. The Morgan fingerprint density at radius 2 is 1.91 bits per heavy atom. The van der Waals surface area contributed by atoms with Gasteiger partial charge in [0.05, 0.1) is 29.2 Å². The molecule has 0 spiro atoms. The van der Waals surface area contributed by atoms with Crippen LogP contribution in [0, 0.1) is 27.7 Å². The Kier molecular flexibility index (Phi) is 8.15. The maximum absolute atomic E-state index is 12.2. The third-order valence-electron chi connectivity index (χ3n) is 5.10. The highest BCUT2D eigenvalue weighted by molar-refractivity contribution is 9.10. The van der Waals surface area contributed by atoms with Crippen molar-refractivity contribution in [3.8, 4) is 11.5 Å². The number of benzene rings is 2. The van der Waals surface area contributed by atoms with Gasteiger partial charge in [-0.25, -0.2) is 5.43 Å². The summed E-state index contributed by atoms with van der Waals surface area (Å²) in [6, 6.07) is 9.41. The van der Waals surface area contributed by atoms with Crippen molar-refractivity contribution in [1.82, 2.24) is 15.2 Å². The van der Waals surface area contributed by atoms with Crippen LogP contribution in [-0.4, -0.2) is 29.0 Å². The minimum atomic E-state index is -0.269. The van der Waals surface area contributed by atoms with E-state index in [4.69, 9.17) is 21.1 Å². The molecule has 1 aromatic heterocycles. The van der Waals surface area contributed by atoms with Gasteiger partial charge in [-0.2, -0.15) is 10.2 Å². The Bertz CT molecular complexity index is 1180. The molecule has 0 atom stereocenters. The number of carbonyl (C=O) groups is 1. The first-order valence-electron chi connectivity index (χ1n) is 10.3. The summed E-state index contributed by atoms with van der Waals surface area (Å²) in [5.41, 5.74) is 7.83. The molecule has 3 aromatic rings. The van der Waals surface area contributed by atoms with E-state index in [-0.39, 0.29) is 12.5 Å². The summed E-state index contributed by atoms with van der Waals surface area (Å²) in [6.45, 7) is 8.06.